The number of ether oxygens (including phenoxy) is 1. The molecule has 4 heteroatoms. The standard InChI is InChI=1S/C9H8O3S/c10-13(11)6-7-1-2-9-8(5-7)3-4-12-9/h1-2,5-6H,3-4H2. The van der Waals surface area contributed by atoms with Gasteiger partial charge in [-0.15, -0.1) is 0 Å². The van der Waals surface area contributed by atoms with Gasteiger partial charge < -0.3 is 4.74 Å². The minimum Gasteiger partial charge on any atom is -0.493 e. The third kappa shape index (κ3) is 1.72. The minimum absolute atomic E-state index is 0.694. The van der Waals surface area contributed by atoms with Crippen molar-refractivity contribution < 1.29 is 13.2 Å². The number of hydrogen-bond acceptors (Lipinski definition) is 3. The lowest BCUT2D eigenvalue weighted by molar-refractivity contribution is 0.357. The van der Waals surface area contributed by atoms with Gasteiger partial charge in [-0.1, -0.05) is 6.07 Å². The number of rotatable bonds is 1. The van der Waals surface area contributed by atoms with E-state index in [2.05, 4.69) is 0 Å². The van der Waals surface area contributed by atoms with E-state index in [1.54, 1.807) is 12.1 Å². The van der Waals surface area contributed by atoms with Gasteiger partial charge in [0.15, 0.2) is 0 Å². The van der Waals surface area contributed by atoms with Gasteiger partial charge in [0.25, 0.3) is 0 Å². The first-order valence-corrected chi connectivity index (χ1v) is 5.08. The number of fused-ring (bicyclic) bond motifs is 1. The molecule has 2 rings (SSSR count). The maximum Gasteiger partial charge on any atom is 0.214 e. The SMILES string of the molecule is O=S(=O)=Cc1ccc2c(c1)CCO2. The predicted molar refractivity (Wildman–Crippen MR) is 49.7 cm³/mol. The molecule has 1 aliphatic rings. The van der Waals surface area contributed by atoms with E-state index >= 15 is 0 Å². The van der Waals surface area contributed by atoms with Crippen LogP contribution in [0.5, 0.6) is 5.75 Å². The van der Waals surface area contributed by atoms with Gasteiger partial charge in [-0.2, -0.15) is 8.42 Å². The topological polar surface area (TPSA) is 43.4 Å². The molecule has 0 atom stereocenters. The summed E-state index contributed by atoms with van der Waals surface area (Å²) < 4.78 is 26.1. The van der Waals surface area contributed by atoms with Crippen LogP contribution in [0.25, 0.3) is 0 Å². The van der Waals surface area contributed by atoms with Gasteiger partial charge in [0.2, 0.25) is 10.3 Å². The minimum atomic E-state index is -2.13. The van der Waals surface area contributed by atoms with Gasteiger partial charge in [-0.05, 0) is 23.3 Å². The Bertz CT molecular complexity index is 452. The van der Waals surface area contributed by atoms with Crippen LogP contribution in [-0.4, -0.2) is 20.4 Å². The van der Waals surface area contributed by atoms with E-state index in [4.69, 9.17) is 4.74 Å². The second kappa shape index (κ2) is 3.22. The molecule has 0 fully saturated rings. The lowest BCUT2D eigenvalue weighted by Crippen LogP contribution is -1.85. The molecule has 13 heavy (non-hydrogen) atoms. The molecule has 0 saturated heterocycles. The first-order valence-electron chi connectivity index (χ1n) is 3.94. The second-order valence-electron chi connectivity index (χ2n) is 2.84. The fraction of sp³-hybridized carbons (Fsp3) is 0.222. The molecule has 0 aliphatic carbocycles. The first kappa shape index (κ1) is 8.31. The molecule has 1 heterocycles. The molecule has 0 bridgehead atoms. The van der Waals surface area contributed by atoms with Crippen molar-refractivity contribution in [2.24, 2.45) is 0 Å². The van der Waals surface area contributed by atoms with Gasteiger partial charge in [0.1, 0.15) is 5.75 Å². The molecular formula is C9H8O3S. The van der Waals surface area contributed by atoms with Crippen LogP contribution >= 0.6 is 0 Å². The largest absolute Gasteiger partial charge is 0.493 e. The van der Waals surface area contributed by atoms with Gasteiger partial charge in [0.05, 0.1) is 12.0 Å². The van der Waals surface area contributed by atoms with E-state index in [-0.39, 0.29) is 0 Å². The molecule has 0 radical (unpaired) electrons. The summed E-state index contributed by atoms with van der Waals surface area (Å²) in [7, 11) is -2.13. The average Bonchev–Trinajstić information content (AvgIpc) is 2.49. The summed E-state index contributed by atoms with van der Waals surface area (Å²) in [6.45, 7) is 0.694. The van der Waals surface area contributed by atoms with Crippen LogP contribution in [0, 0.1) is 0 Å². The Kier molecular flexibility index (Phi) is 2.06. The Balaban J connectivity index is 2.47. The quantitative estimate of drug-likeness (QED) is 0.619. The van der Waals surface area contributed by atoms with Crippen molar-refractivity contribution in [3.8, 4) is 5.75 Å². The lowest BCUT2D eigenvalue weighted by Gasteiger charge is -1.97. The summed E-state index contributed by atoms with van der Waals surface area (Å²) in [5.41, 5.74) is 1.79. The van der Waals surface area contributed by atoms with E-state index in [0.717, 1.165) is 17.7 Å². The monoisotopic (exact) mass is 196 g/mol. The fourth-order valence-corrected chi connectivity index (χ4v) is 1.76. The predicted octanol–water partition coefficient (Wildman–Crippen LogP) is 0.651. The third-order valence-corrected chi connectivity index (χ3v) is 2.41. The molecule has 68 valence electrons. The molecule has 0 saturated carbocycles. The molecule has 0 amide bonds. The number of hydrogen-bond donors (Lipinski definition) is 0. The lowest BCUT2D eigenvalue weighted by atomic mass is 10.1. The normalized spacial score (nSPS) is 13.2. The first-order chi connectivity index (χ1) is 6.25. The second-order valence-corrected chi connectivity index (χ2v) is 3.60. The van der Waals surface area contributed by atoms with Crippen LogP contribution in [0.3, 0.4) is 0 Å². The molecule has 1 aromatic rings. The van der Waals surface area contributed by atoms with E-state index in [9.17, 15) is 8.42 Å². The molecule has 0 unspecified atom stereocenters. The van der Waals surface area contributed by atoms with Crippen molar-refractivity contribution in [1.29, 1.82) is 0 Å². The maximum absolute atomic E-state index is 10.4. The van der Waals surface area contributed by atoms with Crippen LogP contribution in [-0.2, 0) is 16.7 Å². The molecule has 0 spiro atoms. The molecular weight excluding hydrogens is 188 g/mol. The van der Waals surface area contributed by atoms with E-state index < -0.39 is 10.3 Å². The van der Waals surface area contributed by atoms with E-state index in [0.29, 0.717) is 12.2 Å². The summed E-state index contributed by atoms with van der Waals surface area (Å²) in [4.78, 5) is 0. The van der Waals surface area contributed by atoms with Crippen molar-refractivity contribution in [3.05, 3.63) is 29.3 Å². The summed E-state index contributed by atoms with van der Waals surface area (Å²) in [6, 6.07) is 5.39. The number of benzene rings is 1. The van der Waals surface area contributed by atoms with Gasteiger partial charge in [0, 0.05) is 6.42 Å². The van der Waals surface area contributed by atoms with E-state index in [1.165, 1.54) is 5.37 Å². The summed E-state index contributed by atoms with van der Waals surface area (Å²) in [5.74, 6) is 0.869. The van der Waals surface area contributed by atoms with Crippen molar-refractivity contribution >= 4 is 15.7 Å². The van der Waals surface area contributed by atoms with Crippen LogP contribution in [0.4, 0.5) is 0 Å². The highest BCUT2D eigenvalue weighted by atomic mass is 32.2. The Morgan fingerprint density at radius 3 is 3.00 bits per heavy atom. The van der Waals surface area contributed by atoms with Gasteiger partial charge in [-0.3, -0.25) is 0 Å². The highest BCUT2D eigenvalue weighted by Gasteiger charge is 2.10. The summed E-state index contributed by atoms with van der Waals surface area (Å²) in [5, 5.41) is 1.19. The third-order valence-electron chi connectivity index (χ3n) is 1.95. The Morgan fingerprint density at radius 1 is 1.38 bits per heavy atom. The molecule has 3 nitrogen and oxygen atoms in total. The van der Waals surface area contributed by atoms with Crippen LogP contribution in [0.15, 0.2) is 18.2 Å². The highest BCUT2D eigenvalue weighted by Crippen LogP contribution is 2.25. The van der Waals surface area contributed by atoms with Crippen LogP contribution < -0.4 is 4.74 Å². The zero-order valence-electron chi connectivity index (χ0n) is 6.86. The van der Waals surface area contributed by atoms with Crippen LogP contribution in [0.2, 0.25) is 0 Å². The smallest absolute Gasteiger partial charge is 0.214 e. The summed E-state index contributed by atoms with van der Waals surface area (Å²) in [6.07, 6.45) is 0.864. The van der Waals surface area contributed by atoms with Gasteiger partial charge in [-0.25, -0.2) is 0 Å². The summed E-state index contributed by atoms with van der Waals surface area (Å²) >= 11 is 0. The van der Waals surface area contributed by atoms with Gasteiger partial charge >= 0.3 is 0 Å². The highest BCUT2D eigenvalue weighted by molar-refractivity contribution is 7.71. The van der Waals surface area contributed by atoms with Crippen molar-refractivity contribution in [1.82, 2.24) is 0 Å². The zero-order valence-corrected chi connectivity index (χ0v) is 7.67. The Labute approximate surface area is 77.5 Å². The Morgan fingerprint density at radius 2 is 2.23 bits per heavy atom. The van der Waals surface area contributed by atoms with Crippen molar-refractivity contribution in [2.75, 3.05) is 6.61 Å². The fourth-order valence-electron chi connectivity index (χ4n) is 1.39. The van der Waals surface area contributed by atoms with Crippen molar-refractivity contribution in [2.45, 2.75) is 6.42 Å². The molecule has 0 N–H and O–H groups in total. The van der Waals surface area contributed by atoms with Crippen LogP contribution in [0.1, 0.15) is 11.1 Å². The molecule has 0 aromatic heterocycles. The molecule has 1 aromatic carbocycles. The van der Waals surface area contributed by atoms with Crippen molar-refractivity contribution in [3.63, 3.8) is 0 Å². The van der Waals surface area contributed by atoms with E-state index in [1.807, 2.05) is 6.07 Å². The zero-order chi connectivity index (χ0) is 9.26. The Hall–Kier alpha value is -1.29. The maximum atomic E-state index is 10.4. The average molecular weight is 196 g/mol. The molecule has 1 aliphatic heterocycles.